The molecule has 3 nitrogen and oxygen atoms in total. The van der Waals surface area contributed by atoms with Crippen LogP contribution >= 0.6 is 0 Å². The fraction of sp³-hybridized carbons (Fsp3) is 0.700. The molecule has 3 heteroatoms. The Hall–Kier alpha value is -1.38. The first-order valence-electron chi connectivity index (χ1n) is 8.71. The highest BCUT2D eigenvalue weighted by atomic mass is 16.4. The first kappa shape index (κ1) is 18.0. The molecule has 23 heavy (non-hydrogen) atoms. The summed E-state index contributed by atoms with van der Waals surface area (Å²) in [7, 11) is 0. The highest BCUT2D eigenvalue weighted by Crippen LogP contribution is 2.57. The van der Waals surface area contributed by atoms with Gasteiger partial charge in [-0.3, -0.25) is 4.79 Å². The quantitative estimate of drug-likeness (QED) is 0.759. The second-order valence-corrected chi connectivity index (χ2v) is 8.51. The monoisotopic (exact) mass is 318 g/mol. The van der Waals surface area contributed by atoms with Gasteiger partial charge in [0.1, 0.15) is 0 Å². The zero-order valence-electron chi connectivity index (χ0n) is 15.1. The normalized spacial score (nSPS) is 33.9. The Kier molecular flexibility index (Phi) is 4.89. The van der Waals surface area contributed by atoms with E-state index in [9.17, 15) is 9.59 Å². The minimum Gasteiger partial charge on any atom is -0.478 e. The van der Waals surface area contributed by atoms with Crippen LogP contribution in [0.25, 0.3) is 0 Å². The Labute approximate surface area is 139 Å². The van der Waals surface area contributed by atoms with Crippen LogP contribution in [0.3, 0.4) is 0 Å². The Bertz CT molecular complexity index is 567. The van der Waals surface area contributed by atoms with Gasteiger partial charge in [-0.05, 0) is 61.3 Å². The van der Waals surface area contributed by atoms with Crippen molar-refractivity contribution in [2.45, 2.75) is 66.7 Å². The van der Waals surface area contributed by atoms with Gasteiger partial charge in [0.05, 0.1) is 0 Å². The van der Waals surface area contributed by atoms with Crippen molar-refractivity contribution in [1.29, 1.82) is 0 Å². The number of allylic oxidation sites excluding steroid dienone is 3. The molecule has 1 N–H and O–H groups in total. The maximum Gasteiger partial charge on any atom is 0.328 e. The van der Waals surface area contributed by atoms with Gasteiger partial charge < -0.3 is 5.11 Å². The molecule has 0 aromatic heterocycles. The highest BCUT2D eigenvalue weighted by Gasteiger charge is 2.49. The predicted octanol–water partition coefficient (Wildman–Crippen LogP) is 4.78. The van der Waals surface area contributed by atoms with Crippen LogP contribution in [0.15, 0.2) is 23.3 Å². The number of aliphatic carboxylic acids is 1. The van der Waals surface area contributed by atoms with Crippen LogP contribution in [0.2, 0.25) is 0 Å². The third-order valence-corrected chi connectivity index (χ3v) is 6.31. The van der Waals surface area contributed by atoms with Crippen LogP contribution < -0.4 is 0 Å². The zero-order chi connectivity index (χ0) is 17.4. The zero-order valence-corrected chi connectivity index (χ0v) is 15.1. The van der Waals surface area contributed by atoms with Crippen molar-refractivity contribution in [3.8, 4) is 0 Å². The topological polar surface area (TPSA) is 54.4 Å². The number of hydrogen-bond acceptors (Lipinski definition) is 2. The van der Waals surface area contributed by atoms with Gasteiger partial charge in [-0.1, -0.05) is 38.8 Å². The average Bonchev–Trinajstić information content (AvgIpc) is 2.39. The van der Waals surface area contributed by atoms with Crippen LogP contribution in [0.4, 0.5) is 0 Å². The van der Waals surface area contributed by atoms with Crippen molar-refractivity contribution in [2.75, 3.05) is 0 Å². The third-order valence-electron chi connectivity index (χ3n) is 6.31. The molecule has 1 saturated carbocycles. The van der Waals surface area contributed by atoms with Crippen molar-refractivity contribution < 1.29 is 14.7 Å². The highest BCUT2D eigenvalue weighted by molar-refractivity contribution is 5.92. The van der Waals surface area contributed by atoms with Crippen LogP contribution in [-0.4, -0.2) is 16.9 Å². The molecule has 2 rings (SSSR count). The standard InChI is InChI=1S/C20H30O3/c1-13(10-18(22)23)8-9-20(5)14(2)6-7-16-17(20)11-15(21)12-19(16,3)4/h10-11,14,16H,6-9,12H2,1-5H3,(H,22,23). The number of carboxylic acids is 1. The fourth-order valence-corrected chi connectivity index (χ4v) is 4.58. The molecule has 0 aliphatic heterocycles. The summed E-state index contributed by atoms with van der Waals surface area (Å²) >= 11 is 0. The second-order valence-electron chi connectivity index (χ2n) is 8.51. The Morgan fingerprint density at radius 2 is 2.00 bits per heavy atom. The van der Waals surface area contributed by atoms with E-state index < -0.39 is 5.97 Å². The maximum atomic E-state index is 12.2. The number of carbonyl (C=O) groups is 2. The summed E-state index contributed by atoms with van der Waals surface area (Å²) in [5.74, 6) is 0.365. The molecule has 0 radical (unpaired) electrons. The average molecular weight is 318 g/mol. The minimum absolute atomic E-state index is 0.0100. The molecule has 0 amide bonds. The summed E-state index contributed by atoms with van der Waals surface area (Å²) in [4.78, 5) is 23.1. The minimum atomic E-state index is -0.879. The van der Waals surface area contributed by atoms with Gasteiger partial charge in [-0.25, -0.2) is 4.79 Å². The number of fused-ring (bicyclic) bond motifs is 1. The number of carbonyl (C=O) groups excluding carboxylic acids is 1. The summed E-state index contributed by atoms with van der Waals surface area (Å²) in [5, 5.41) is 8.90. The molecule has 0 aromatic carbocycles. The van der Waals surface area contributed by atoms with E-state index in [0.717, 1.165) is 24.8 Å². The molecule has 128 valence electrons. The van der Waals surface area contributed by atoms with E-state index in [4.69, 9.17) is 5.11 Å². The van der Waals surface area contributed by atoms with Crippen LogP contribution in [0.1, 0.15) is 66.7 Å². The SMILES string of the molecule is CC(=CC(=O)O)CCC1(C)C2=CC(=O)CC(C)(C)C2CCC1C. The van der Waals surface area contributed by atoms with E-state index in [1.807, 2.05) is 13.0 Å². The summed E-state index contributed by atoms with van der Waals surface area (Å²) in [6.45, 7) is 10.9. The molecular weight excluding hydrogens is 288 g/mol. The van der Waals surface area contributed by atoms with Crippen LogP contribution in [0.5, 0.6) is 0 Å². The second kappa shape index (κ2) is 6.26. The van der Waals surface area contributed by atoms with Crippen molar-refractivity contribution in [1.82, 2.24) is 0 Å². The summed E-state index contributed by atoms with van der Waals surface area (Å²) in [5.41, 5.74) is 2.24. The molecule has 0 bridgehead atoms. The summed E-state index contributed by atoms with van der Waals surface area (Å²) < 4.78 is 0. The smallest absolute Gasteiger partial charge is 0.328 e. The number of carboxylic acid groups (broad SMARTS) is 1. The Morgan fingerprint density at radius 3 is 2.61 bits per heavy atom. The van der Waals surface area contributed by atoms with Crippen molar-refractivity contribution in [3.05, 3.63) is 23.3 Å². The number of hydrogen-bond donors (Lipinski definition) is 1. The lowest BCUT2D eigenvalue weighted by Crippen LogP contribution is -2.44. The van der Waals surface area contributed by atoms with Gasteiger partial charge in [0.15, 0.2) is 5.78 Å². The van der Waals surface area contributed by atoms with E-state index in [0.29, 0.717) is 18.3 Å². The summed E-state index contributed by atoms with van der Waals surface area (Å²) in [6.07, 6.45) is 7.88. The molecule has 0 aromatic rings. The third kappa shape index (κ3) is 3.59. The first-order chi connectivity index (χ1) is 10.6. The van der Waals surface area contributed by atoms with E-state index in [2.05, 4.69) is 27.7 Å². The molecule has 1 fully saturated rings. The van der Waals surface area contributed by atoms with Crippen molar-refractivity contribution >= 4 is 11.8 Å². The van der Waals surface area contributed by atoms with E-state index >= 15 is 0 Å². The van der Waals surface area contributed by atoms with Gasteiger partial charge >= 0.3 is 5.97 Å². The molecule has 0 saturated heterocycles. The van der Waals surface area contributed by atoms with Crippen LogP contribution in [-0.2, 0) is 9.59 Å². The van der Waals surface area contributed by atoms with Crippen molar-refractivity contribution in [2.24, 2.45) is 22.7 Å². The predicted molar refractivity (Wildman–Crippen MR) is 92.1 cm³/mol. The van der Waals surface area contributed by atoms with Gasteiger partial charge in [0.25, 0.3) is 0 Å². The largest absolute Gasteiger partial charge is 0.478 e. The maximum absolute atomic E-state index is 12.2. The fourth-order valence-electron chi connectivity index (χ4n) is 4.58. The van der Waals surface area contributed by atoms with Gasteiger partial charge in [-0.15, -0.1) is 0 Å². The van der Waals surface area contributed by atoms with Gasteiger partial charge in [-0.2, -0.15) is 0 Å². The Morgan fingerprint density at radius 1 is 1.35 bits per heavy atom. The van der Waals surface area contributed by atoms with E-state index in [1.165, 1.54) is 18.1 Å². The van der Waals surface area contributed by atoms with E-state index in [-0.39, 0.29) is 16.6 Å². The molecule has 3 atom stereocenters. The lowest BCUT2D eigenvalue weighted by Gasteiger charge is -2.52. The lowest BCUT2D eigenvalue weighted by atomic mass is 9.52. The number of ketones is 1. The Balaban J connectivity index is 2.30. The molecule has 0 heterocycles. The molecule has 2 aliphatic carbocycles. The van der Waals surface area contributed by atoms with Gasteiger partial charge in [0.2, 0.25) is 0 Å². The molecule has 3 unspecified atom stereocenters. The first-order valence-corrected chi connectivity index (χ1v) is 8.71. The molecule has 2 aliphatic rings. The number of rotatable bonds is 4. The summed E-state index contributed by atoms with van der Waals surface area (Å²) in [6, 6.07) is 0. The molecule has 0 spiro atoms. The molecular formula is C20H30O3. The van der Waals surface area contributed by atoms with Crippen LogP contribution in [0, 0.1) is 22.7 Å². The van der Waals surface area contributed by atoms with Crippen molar-refractivity contribution in [3.63, 3.8) is 0 Å². The lowest BCUT2D eigenvalue weighted by molar-refractivity contribution is -0.131. The van der Waals surface area contributed by atoms with E-state index in [1.54, 1.807) is 0 Å². The van der Waals surface area contributed by atoms with Gasteiger partial charge in [0, 0.05) is 12.5 Å².